The maximum absolute atomic E-state index is 5.33. The summed E-state index contributed by atoms with van der Waals surface area (Å²) in [4.78, 5) is 3.69. The van der Waals surface area contributed by atoms with Crippen LogP contribution in [0.1, 0.15) is 0 Å². The zero-order valence-electron chi connectivity index (χ0n) is 4.33. The zero-order chi connectivity index (χ0) is 6.04. The molecule has 0 amide bonds. The van der Waals surface area contributed by atoms with Crippen LogP contribution in [0.15, 0.2) is 17.3 Å². The lowest BCUT2D eigenvalue weighted by atomic mass is 10.3. The Labute approximate surface area is 47.3 Å². The van der Waals surface area contributed by atoms with Crippen molar-refractivity contribution in [1.82, 2.24) is 5.32 Å². The summed E-state index contributed by atoms with van der Waals surface area (Å²) >= 11 is 0. The van der Waals surface area contributed by atoms with E-state index in [0.29, 0.717) is 0 Å². The summed E-state index contributed by atoms with van der Waals surface area (Å²) in [5, 5.41) is 2.71. The lowest BCUT2D eigenvalue weighted by Crippen LogP contribution is -2.47. The number of rotatable bonds is 0. The van der Waals surface area contributed by atoms with Gasteiger partial charge in [-0.25, -0.2) is 4.99 Å². The van der Waals surface area contributed by atoms with Crippen molar-refractivity contribution in [1.29, 1.82) is 0 Å². The van der Waals surface area contributed by atoms with E-state index in [1.54, 1.807) is 12.3 Å². The van der Waals surface area contributed by atoms with Gasteiger partial charge in [0.2, 0.25) is 0 Å². The molecule has 0 aromatic carbocycles. The largest absolute Gasteiger partial charge is 0.353 e. The molecule has 1 aliphatic heterocycles. The van der Waals surface area contributed by atoms with Gasteiger partial charge in [-0.15, -0.1) is 0 Å². The monoisotopic (exact) mass is 112 g/mol. The summed E-state index contributed by atoms with van der Waals surface area (Å²) in [6, 6.07) is 0. The molecule has 0 saturated carbocycles. The topological polar surface area (TPSA) is 76.4 Å². The minimum absolute atomic E-state index is 0.995. The summed E-state index contributed by atoms with van der Waals surface area (Å²) in [5.41, 5.74) is 10.7. The predicted octanol–water partition coefficient (Wildman–Crippen LogP) is -1.30. The van der Waals surface area contributed by atoms with Gasteiger partial charge >= 0.3 is 0 Å². The average Bonchev–Trinajstić information content (AvgIpc) is 1.65. The highest BCUT2D eigenvalue weighted by molar-refractivity contribution is 5.58. The molecule has 4 heteroatoms. The third-order valence-corrected chi connectivity index (χ3v) is 0.809. The van der Waals surface area contributed by atoms with Crippen LogP contribution >= 0.6 is 0 Å². The molecule has 0 unspecified atom stereocenters. The molecule has 0 spiro atoms. The van der Waals surface area contributed by atoms with Crippen LogP contribution in [0.25, 0.3) is 0 Å². The first-order chi connectivity index (χ1) is 3.71. The lowest BCUT2D eigenvalue weighted by molar-refractivity contribution is 0.578. The van der Waals surface area contributed by atoms with Crippen LogP contribution in [0.3, 0.4) is 0 Å². The van der Waals surface area contributed by atoms with E-state index in [9.17, 15) is 0 Å². The fraction of sp³-hybridized carbons (Fsp3) is 0.250. The third-order valence-electron chi connectivity index (χ3n) is 0.809. The van der Waals surface area contributed by atoms with Crippen LogP contribution in [-0.2, 0) is 0 Å². The highest BCUT2D eigenvalue weighted by Crippen LogP contribution is 1.94. The Morgan fingerprint density at radius 3 is 2.50 bits per heavy atom. The van der Waals surface area contributed by atoms with Crippen LogP contribution in [0, 0.1) is 0 Å². The van der Waals surface area contributed by atoms with Crippen molar-refractivity contribution in [2.24, 2.45) is 16.5 Å². The summed E-state index contributed by atoms with van der Waals surface area (Å²) in [6.07, 6.45) is 4.68. The maximum Gasteiger partial charge on any atom is 0.182 e. The SMILES string of the molecule is NC1(N)C=CNC=N1. The van der Waals surface area contributed by atoms with Gasteiger partial charge in [-0.05, 0) is 6.08 Å². The van der Waals surface area contributed by atoms with Gasteiger partial charge < -0.3 is 5.32 Å². The maximum atomic E-state index is 5.33. The molecule has 8 heavy (non-hydrogen) atoms. The number of nitrogens with two attached hydrogens (primary N) is 2. The van der Waals surface area contributed by atoms with E-state index in [1.807, 2.05) is 0 Å². The quantitative estimate of drug-likeness (QED) is 0.341. The predicted molar refractivity (Wildman–Crippen MR) is 31.9 cm³/mol. The van der Waals surface area contributed by atoms with Crippen molar-refractivity contribution in [2.75, 3.05) is 0 Å². The molecular weight excluding hydrogens is 104 g/mol. The van der Waals surface area contributed by atoms with Gasteiger partial charge in [-0.2, -0.15) is 0 Å². The Kier molecular flexibility index (Phi) is 1.04. The Morgan fingerprint density at radius 2 is 2.25 bits per heavy atom. The molecule has 5 N–H and O–H groups in total. The summed E-state index contributed by atoms with van der Waals surface area (Å²) < 4.78 is 0. The summed E-state index contributed by atoms with van der Waals surface area (Å²) in [7, 11) is 0. The Morgan fingerprint density at radius 1 is 1.50 bits per heavy atom. The molecule has 1 aliphatic rings. The molecule has 0 aliphatic carbocycles. The molecule has 0 fully saturated rings. The van der Waals surface area contributed by atoms with Crippen molar-refractivity contribution >= 4 is 6.34 Å². The van der Waals surface area contributed by atoms with Gasteiger partial charge in [0.05, 0.1) is 6.34 Å². The van der Waals surface area contributed by atoms with E-state index in [1.165, 1.54) is 6.34 Å². The lowest BCUT2D eigenvalue weighted by Gasteiger charge is -2.16. The van der Waals surface area contributed by atoms with Crippen molar-refractivity contribution < 1.29 is 0 Å². The Balaban J connectivity index is 2.69. The molecule has 0 radical (unpaired) electrons. The highest BCUT2D eigenvalue weighted by Gasteiger charge is 2.11. The van der Waals surface area contributed by atoms with Crippen LogP contribution in [-0.4, -0.2) is 12.1 Å². The van der Waals surface area contributed by atoms with Crippen molar-refractivity contribution in [2.45, 2.75) is 5.79 Å². The molecule has 0 aromatic rings. The van der Waals surface area contributed by atoms with E-state index in [4.69, 9.17) is 11.5 Å². The second-order valence-corrected chi connectivity index (χ2v) is 1.65. The molecule has 0 atom stereocenters. The Bertz CT molecular complexity index is 121. The average molecular weight is 112 g/mol. The van der Waals surface area contributed by atoms with Crippen molar-refractivity contribution in [3.63, 3.8) is 0 Å². The molecule has 44 valence electrons. The van der Waals surface area contributed by atoms with Crippen LogP contribution < -0.4 is 16.8 Å². The third kappa shape index (κ3) is 1.05. The van der Waals surface area contributed by atoms with Crippen LogP contribution in [0.5, 0.6) is 0 Å². The second kappa shape index (κ2) is 1.57. The number of aliphatic imine (C=N–C) groups is 1. The number of nitrogens with zero attached hydrogens (tertiary/aromatic N) is 1. The van der Waals surface area contributed by atoms with Gasteiger partial charge in [-0.3, -0.25) is 11.5 Å². The number of hydrogen-bond acceptors (Lipinski definition) is 4. The van der Waals surface area contributed by atoms with Gasteiger partial charge in [0.1, 0.15) is 0 Å². The molecule has 1 heterocycles. The highest BCUT2D eigenvalue weighted by atomic mass is 15.2. The van der Waals surface area contributed by atoms with E-state index in [-0.39, 0.29) is 0 Å². The second-order valence-electron chi connectivity index (χ2n) is 1.65. The van der Waals surface area contributed by atoms with Crippen molar-refractivity contribution in [3.05, 3.63) is 12.3 Å². The molecule has 0 saturated heterocycles. The van der Waals surface area contributed by atoms with E-state index < -0.39 is 5.79 Å². The first-order valence-corrected chi connectivity index (χ1v) is 2.26. The van der Waals surface area contributed by atoms with Gasteiger partial charge in [0.25, 0.3) is 0 Å². The first kappa shape index (κ1) is 5.27. The minimum atomic E-state index is -0.995. The first-order valence-electron chi connectivity index (χ1n) is 2.26. The normalized spacial score (nSPS) is 22.8. The summed E-state index contributed by atoms with van der Waals surface area (Å²) in [5.74, 6) is -0.995. The molecular formula is C4H8N4. The fourth-order valence-electron chi connectivity index (χ4n) is 0.417. The zero-order valence-corrected chi connectivity index (χ0v) is 4.33. The van der Waals surface area contributed by atoms with Crippen LogP contribution in [0.4, 0.5) is 0 Å². The van der Waals surface area contributed by atoms with Crippen LogP contribution in [0.2, 0.25) is 0 Å². The van der Waals surface area contributed by atoms with E-state index in [2.05, 4.69) is 10.3 Å². The minimum Gasteiger partial charge on any atom is -0.353 e. The van der Waals surface area contributed by atoms with Gasteiger partial charge in [0.15, 0.2) is 5.79 Å². The number of hydrogen-bond donors (Lipinski definition) is 3. The molecule has 0 bridgehead atoms. The van der Waals surface area contributed by atoms with E-state index in [0.717, 1.165) is 0 Å². The van der Waals surface area contributed by atoms with Gasteiger partial charge in [-0.1, -0.05) is 0 Å². The molecule has 0 aromatic heterocycles. The smallest absolute Gasteiger partial charge is 0.182 e. The van der Waals surface area contributed by atoms with E-state index >= 15 is 0 Å². The Hall–Kier alpha value is -0.870. The van der Waals surface area contributed by atoms with Crippen molar-refractivity contribution in [3.8, 4) is 0 Å². The van der Waals surface area contributed by atoms with Gasteiger partial charge in [0, 0.05) is 6.20 Å². The number of nitrogens with one attached hydrogen (secondary N) is 1. The molecule has 1 rings (SSSR count). The summed E-state index contributed by atoms with van der Waals surface area (Å²) in [6.45, 7) is 0. The molecule has 4 nitrogen and oxygen atoms in total. The fourth-order valence-corrected chi connectivity index (χ4v) is 0.417. The standard InChI is InChI=1S/C4H8N4/c5-4(6)1-2-7-3-8-4/h1-3H,5-6H2,(H,7,8).